The van der Waals surface area contributed by atoms with Gasteiger partial charge in [0, 0.05) is 4.47 Å². The second-order valence-corrected chi connectivity index (χ2v) is 6.87. The zero-order valence-corrected chi connectivity index (χ0v) is 15.7. The van der Waals surface area contributed by atoms with Crippen molar-refractivity contribution in [1.82, 2.24) is 0 Å². The number of hydrogen-bond acceptors (Lipinski definition) is 3. The number of alkyl halides is 3. The molecule has 2 amide bonds. The molecule has 2 aromatic carbocycles. The first-order valence-electron chi connectivity index (χ1n) is 8.02. The van der Waals surface area contributed by atoms with E-state index in [0.717, 1.165) is 6.07 Å². The average Bonchev–Trinajstić information content (AvgIpc) is 2.76. The third kappa shape index (κ3) is 4.27. The van der Waals surface area contributed by atoms with Crippen molar-refractivity contribution in [2.75, 3.05) is 16.8 Å². The smallest absolute Gasteiger partial charge is 0.409 e. The molecule has 0 spiro atoms. The van der Waals surface area contributed by atoms with Gasteiger partial charge in [-0.15, -0.1) is 0 Å². The lowest BCUT2D eigenvalue weighted by atomic mass is 10.1. The molecule has 0 saturated carbocycles. The first kappa shape index (κ1) is 20.1. The van der Waals surface area contributed by atoms with Gasteiger partial charge in [0.25, 0.3) is 5.91 Å². The number of carbonyl (C=O) groups is 2. The molecule has 5 nitrogen and oxygen atoms in total. The highest BCUT2D eigenvalue weighted by Gasteiger charge is 2.49. The van der Waals surface area contributed by atoms with Crippen LogP contribution in [0, 0.1) is 5.82 Å². The number of halogens is 5. The Hall–Kier alpha value is -2.62. The minimum absolute atomic E-state index is 0.0717. The first-order chi connectivity index (χ1) is 13.2. The standard InChI is InChI=1S/C18H13BrF4N2O3/c19-10-5-6-14(11(20)7-10)28-9-17(27)25-13-4-2-1-3-12(13)24-16(26)8-15(25)18(21,22)23/h1-7,15H,8-9H2,(H,24,26). The Balaban J connectivity index is 1.92. The minimum atomic E-state index is -4.85. The van der Waals surface area contributed by atoms with Crippen LogP contribution in [0.25, 0.3) is 0 Å². The van der Waals surface area contributed by atoms with Gasteiger partial charge in [0.1, 0.15) is 6.04 Å². The van der Waals surface area contributed by atoms with E-state index in [2.05, 4.69) is 21.2 Å². The predicted octanol–water partition coefficient (Wildman–Crippen LogP) is 4.27. The summed E-state index contributed by atoms with van der Waals surface area (Å²) in [6.45, 7) is -0.840. The molecule has 1 unspecified atom stereocenters. The molecule has 10 heteroatoms. The molecule has 1 aliphatic heterocycles. The molecule has 3 rings (SSSR count). The summed E-state index contributed by atoms with van der Waals surface area (Å²) in [7, 11) is 0. The predicted molar refractivity (Wildman–Crippen MR) is 96.6 cm³/mol. The number of para-hydroxylation sites is 2. The van der Waals surface area contributed by atoms with E-state index < -0.39 is 42.9 Å². The van der Waals surface area contributed by atoms with Gasteiger partial charge in [-0.2, -0.15) is 13.2 Å². The van der Waals surface area contributed by atoms with Gasteiger partial charge in [-0.25, -0.2) is 4.39 Å². The van der Waals surface area contributed by atoms with E-state index >= 15 is 0 Å². The van der Waals surface area contributed by atoms with Gasteiger partial charge in [-0.1, -0.05) is 28.1 Å². The van der Waals surface area contributed by atoms with Crippen molar-refractivity contribution in [2.45, 2.75) is 18.6 Å². The van der Waals surface area contributed by atoms with Crippen LogP contribution in [0.5, 0.6) is 5.75 Å². The van der Waals surface area contributed by atoms with Gasteiger partial charge in [0.2, 0.25) is 5.91 Å². The number of fused-ring (bicyclic) bond motifs is 1. The molecule has 1 aliphatic rings. The normalized spacial score (nSPS) is 16.8. The summed E-state index contributed by atoms with van der Waals surface area (Å²) in [6.07, 6.45) is -5.82. The van der Waals surface area contributed by atoms with Crippen molar-refractivity contribution >= 4 is 39.1 Å². The maximum atomic E-state index is 13.8. The lowest BCUT2D eigenvalue weighted by molar-refractivity contribution is -0.158. The van der Waals surface area contributed by atoms with Crippen LogP contribution in [0.2, 0.25) is 0 Å². The van der Waals surface area contributed by atoms with E-state index in [1.54, 1.807) is 0 Å². The molecular weight excluding hydrogens is 448 g/mol. The number of rotatable bonds is 3. The van der Waals surface area contributed by atoms with Crippen LogP contribution in [-0.4, -0.2) is 30.6 Å². The second-order valence-electron chi connectivity index (χ2n) is 5.95. The number of nitrogens with zero attached hydrogens (tertiary/aromatic N) is 1. The summed E-state index contributed by atoms with van der Waals surface area (Å²) in [5.74, 6) is -2.99. The number of anilines is 2. The van der Waals surface area contributed by atoms with Gasteiger partial charge >= 0.3 is 6.18 Å². The number of ether oxygens (including phenoxy) is 1. The van der Waals surface area contributed by atoms with E-state index in [9.17, 15) is 27.2 Å². The van der Waals surface area contributed by atoms with E-state index in [-0.39, 0.29) is 17.1 Å². The van der Waals surface area contributed by atoms with Gasteiger partial charge < -0.3 is 10.1 Å². The van der Waals surface area contributed by atoms with Crippen molar-refractivity contribution in [3.63, 3.8) is 0 Å². The fourth-order valence-corrected chi connectivity index (χ4v) is 3.13. The lowest BCUT2D eigenvalue weighted by Gasteiger charge is -2.31. The van der Waals surface area contributed by atoms with Crippen LogP contribution in [0.15, 0.2) is 46.9 Å². The highest BCUT2D eigenvalue weighted by molar-refractivity contribution is 9.10. The van der Waals surface area contributed by atoms with Crippen LogP contribution >= 0.6 is 15.9 Å². The highest BCUT2D eigenvalue weighted by Crippen LogP contribution is 2.37. The number of nitrogens with one attached hydrogen (secondary N) is 1. The summed E-state index contributed by atoms with van der Waals surface area (Å²) in [5.41, 5.74) is -0.0389. The molecule has 0 radical (unpaired) electrons. The topological polar surface area (TPSA) is 58.6 Å². The van der Waals surface area contributed by atoms with Crippen LogP contribution in [-0.2, 0) is 9.59 Å². The van der Waals surface area contributed by atoms with Crippen molar-refractivity contribution in [2.24, 2.45) is 0 Å². The Kier molecular flexibility index (Phi) is 5.59. The Bertz CT molecular complexity index is 920. The van der Waals surface area contributed by atoms with Crippen LogP contribution in [0.4, 0.5) is 28.9 Å². The average molecular weight is 461 g/mol. The van der Waals surface area contributed by atoms with Crippen molar-refractivity contribution < 1.29 is 31.9 Å². The van der Waals surface area contributed by atoms with E-state index in [1.807, 2.05) is 0 Å². The Morgan fingerprint density at radius 3 is 2.64 bits per heavy atom. The second kappa shape index (κ2) is 7.78. The van der Waals surface area contributed by atoms with Crippen molar-refractivity contribution in [3.05, 3.63) is 52.8 Å². The highest BCUT2D eigenvalue weighted by atomic mass is 79.9. The fraction of sp³-hybridized carbons (Fsp3) is 0.222. The Labute approximate surface area is 165 Å². The minimum Gasteiger partial charge on any atom is -0.481 e. The first-order valence-corrected chi connectivity index (χ1v) is 8.81. The molecule has 1 N–H and O–H groups in total. The van der Waals surface area contributed by atoms with E-state index in [4.69, 9.17) is 4.74 Å². The lowest BCUT2D eigenvalue weighted by Crippen LogP contribution is -2.51. The largest absolute Gasteiger partial charge is 0.481 e. The SMILES string of the molecule is O=C1CC(C(F)(F)F)N(C(=O)COc2ccc(Br)cc2F)c2ccccc2N1. The van der Waals surface area contributed by atoms with Gasteiger partial charge in [0.05, 0.1) is 17.8 Å². The van der Waals surface area contributed by atoms with Gasteiger partial charge in [-0.05, 0) is 30.3 Å². The maximum Gasteiger partial charge on any atom is 0.409 e. The number of hydrogen-bond donors (Lipinski definition) is 1. The number of amides is 2. The zero-order valence-electron chi connectivity index (χ0n) is 14.1. The fourth-order valence-electron chi connectivity index (χ4n) is 2.80. The molecular formula is C18H13BrF4N2O3. The molecule has 28 heavy (non-hydrogen) atoms. The van der Waals surface area contributed by atoms with Crippen LogP contribution in [0.1, 0.15) is 6.42 Å². The molecule has 1 heterocycles. The molecule has 0 aliphatic carbocycles. The maximum absolute atomic E-state index is 13.8. The van der Waals surface area contributed by atoms with Crippen molar-refractivity contribution in [1.29, 1.82) is 0 Å². The van der Waals surface area contributed by atoms with E-state index in [0.29, 0.717) is 9.37 Å². The summed E-state index contributed by atoms with van der Waals surface area (Å²) >= 11 is 3.07. The monoisotopic (exact) mass is 460 g/mol. The molecule has 0 bridgehead atoms. The van der Waals surface area contributed by atoms with Gasteiger partial charge in [0.15, 0.2) is 18.2 Å². The Morgan fingerprint density at radius 1 is 1.25 bits per heavy atom. The third-order valence-corrected chi connectivity index (χ3v) is 4.51. The molecule has 148 valence electrons. The summed E-state index contributed by atoms with van der Waals surface area (Å²) in [6, 6.07) is 7.08. The van der Waals surface area contributed by atoms with Crippen LogP contribution < -0.4 is 15.0 Å². The number of carbonyl (C=O) groups excluding carboxylic acids is 2. The van der Waals surface area contributed by atoms with Crippen LogP contribution in [0.3, 0.4) is 0 Å². The third-order valence-electron chi connectivity index (χ3n) is 4.02. The summed E-state index contributed by atoms with van der Waals surface area (Å²) in [5, 5.41) is 2.36. The summed E-state index contributed by atoms with van der Waals surface area (Å²) in [4.78, 5) is 25.0. The quantitative estimate of drug-likeness (QED) is 0.695. The van der Waals surface area contributed by atoms with Crippen molar-refractivity contribution in [3.8, 4) is 5.75 Å². The summed E-state index contributed by atoms with van der Waals surface area (Å²) < 4.78 is 60.2. The van der Waals surface area contributed by atoms with Gasteiger partial charge in [-0.3, -0.25) is 14.5 Å². The molecule has 1 atom stereocenters. The zero-order chi connectivity index (χ0) is 20.5. The molecule has 0 saturated heterocycles. The van der Waals surface area contributed by atoms with E-state index in [1.165, 1.54) is 36.4 Å². The molecule has 2 aromatic rings. The molecule has 0 aromatic heterocycles. The number of benzene rings is 2. The molecule has 0 fully saturated rings. The Morgan fingerprint density at radius 2 is 1.96 bits per heavy atom.